The van der Waals surface area contributed by atoms with Crippen LogP contribution in [0.2, 0.25) is 5.02 Å². The van der Waals surface area contributed by atoms with Gasteiger partial charge in [0.15, 0.2) is 6.61 Å². The summed E-state index contributed by atoms with van der Waals surface area (Å²) in [6.45, 7) is -0.0435. The van der Waals surface area contributed by atoms with Crippen LogP contribution in [0.25, 0.3) is 0 Å². The number of hydrogen-bond donors (Lipinski definition) is 0. The van der Waals surface area contributed by atoms with E-state index in [9.17, 15) is 4.79 Å². The Bertz CT molecular complexity index is 369. The van der Waals surface area contributed by atoms with Crippen molar-refractivity contribution >= 4 is 17.6 Å². The average Bonchev–Trinajstić information content (AvgIpc) is 2.81. The molecule has 3 nitrogen and oxygen atoms in total. The minimum atomic E-state index is -0.299. The second kappa shape index (κ2) is 5.92. The molecular formula is C13H15ClO3. The normalized spacial score (nSPS) is 15.8. The van der Waals surface area contributed by atoms with Crippen molar-refractivity contribution in [1.82, 2.24) is 0 Å². The predicted octanol–water partition coefficient (Wildman–Crippen LogP) is 3.20. The molecule has 1 aliphatic rings. The minimum Gasteiger partial charge on any atom is -0.482 e. The maximum atomic E-state index is 11.5. The molecule has 0 aromatic heterocycles. The number of ether oxygens (including phenoxy) is 2. The van der Waals surface area contributed by atoms with E-state index in [0.717, 1.165) is 25.7 Å². The monoisotopic (exact) mass is 254 g/mol. The first-order valence-electron chi connectivity index (χ1n) is 5.82. The summed E-state index contributed by atoms with van der Waals surface area (Å²) in [7, 11) is 0. The number of hydrogen-bond acceptors (Lipinski definition) is 3. The summed E-state index contributed by atoms with van der Waals surface area (Å²) in [5.74, 6) is 0.324. The van der Waals surface area contributed by atoms with Crippen molar-refractivity contribution in [3.63, 3.8) is 0 Å². The molecular weight excluding hydrogens is 240 g/mol. The van der Waals surface area contributed by atoms with Gasteiger partial charge in [0.05, 0.1) is 0 Å². The summed E-state index contributed by atoms with van der Waals surface area (Å²) in [6, 6.07) is 6.90. The van der Waals surface area contributed by atoms with Crippen LogP contribution in [0.4, 0.5) is 0 Å². The summed E-state index contributed by atoms with van der Waals surface area (Å²) in [5.41, 5.74) is 0. The second-order valence-corrected chi connectivity index (χ2v) is 4.58. The van der Waals surface area contributed by atoms with Crippen LogP contribution in [-0.2, 0) is 9.53 Å². The molecule has 0 spiro atoms. The number of carbonyl (C=O) groups excluding carboxylic acids is 1. The zero-order valence-electron chi connectivity index (χ0n) is 9.52. The van der Waals surface area contributed by atoms with Gasteiger partial charge in [-0.2, -0.15) is 0 Å². The fourth-order valence-electron chi connectivity index (χ4n) is 1.90. The lowest BCUT2D eigenvalue weighted by atomic mass is 10.3. The molecule has 1 saturated carbocycles. The first kappa shape index (κ1) is 12.2. The van der Waals surface area contributed by atoms with E-state index in [4.69, 9.17) is 21.1 Å². The van der Waals surface area contributed by atoms with Crippen LogP contribution in [0.5, 0.6) is 5.75 Å². The molecule has 0 amide bonds. The largest absolute Gasteiger partial charge is 0.482 e. The van der Waals surface area contributed by atoms with Crippen molar-refractivity contribution in [1.29, 1.82) is 0 Å². The van der Waals surface area contributed by atoms with Crippen molar-refractivity contribution in [2.45, 2.75) is 31.8 Å². The van der Waals surface area contributed by atoms with Crippen LogP contribution in [0.1, 0.15) is 25.7 Å². The molecule has 1 fully saturated rings. The minimum absolute atomic E-state index is 0.0435. The number of halogens is 1. The van der Waals surface area contributed by atoms with Crippen LogP contribution in [0.15, 0.2) is 24.3 Å². The van der Waals surface area contributed by atoms with Crippen LogP contribution >= 0.6 is 11.6 Å². The van der Waals surface area contributed by atoms with E-state index in [-0.39, 0.29) is 18.7 Å². The third kappa shape index (κ3) is 3.93. The zero-order chi connectivity index (χ0) is 12.1. The lowest BCUT2D eigenvalue weighted by Gasteiger charge is -2.11. The third-order valence-electron chi connectivity index (χ3n) is 2.77. The van der Waals surface area contributed by atoms with Crippen molar-refractivity contribution in [2.75, 3.05) is 6.61 Å². The summed E-state index contributed by atoms with van der Waals surface area (Å²) in [6.07, 6.45) is 4.35. The second-order valence-electron chi connectivity index (χ2n) is 4.14. The van der Waals surface area contributed by atoms with E-state index in [1.807, 2.05) is 0 Å². The van der Waals surface area contributed by atoms with E-state index in [1.165, 1.54) is 0 Å². The molecule has 0 aliphatic heterocycles. The number of esters is 1. The Kier molecular flexibility index (Phi) is 4.26. The topological polar surface area (TPSA) is 35.5 Å². The van der Waals surface area contributed by atoms with Crippen molar-refractivity contribution < 1.29 is 14.3 Å². The SMILES string of the molecule is O=C(COc1ccc(Cl)cc1)OC1CCCC1. The van der Waals surface area contributed by atoms with E-state index >= 15 is 0 Å². The molecule has 0 unspecified atom stereocenters. The molecule has 92 valence electrons. The van der Waals surface area contributed by atoms with E-state index in [0.29, 0.717) is 10.8 Å². The predicted molar refractivity (Wildman–Crippen MR) is 65.3 cm³/mol. The lowest BCUT2D eigenvalue weighted by molar-refractivity contribution is -0.151. The highest BCUT2D eigenvalue weighted by Gasteiger charge is 2.19. The number of carbonyl (C=O) groups is 1. The van der Waals surface area contributed by atoms with Crippen molar-refractivity contribution in [3.05, 3.63) is 29.3 Å². The van der Waals surface area contributed by atoms with Crippen molar-refractivity contribution in [2.24, 2.45) is 0 Å². The van der Waals surface area contributed by atoms with Crippen LogP contribution in [0, 0.1) is 0 Å². The molecule has 1 aliphatic carbocycles. The summed E-state index contributed by atoms with van der Waals surface area (Å²) in [4.78, 5) is 11.5. The summed E-state index contributed by atoms with van der Waals surface area (Å²) in [5, 5.41) is 0.644. The van der Waals surface area contributed by atoms with Gasteiger partial charge >= 0.3 is 5.97 Å². The van der Waals surface area contributed by atoms with Gasteiger partial charge in [-0.3, -0.25) is 0 Å². The Balaban J connectivity index is 1.73. The Labute approximate surface area is 106 Å². The molecule has 0 atom stereocenters. The molecule has 2 rings (SSSR count). The smallest absolute Gasteiger partial charge is 0.344 e. The van der Waals surface area contributed by atoms with E-state index < -0.39 is 0 Å². The number of benzene rings is 1. The van der Waals surface area contributed by atoms with Gasteiger partial charge in [-0.15, -0.1) is 0 Å². The van der Waals surface area contributed by atoms with Crippen molar-refractivity contribution in [3.8, 4) is 5.75 Å². The average molecular weight is 255 g/mol. The quantitative estimate of drug-likeness (QED) is 0.774. The Morgan fingerprint density at radius 2 is 1.88 bits per heavy atom. The van der Waals surface area contributed by atoms with E-state index in [1.54, 1.807) is 24.3 Å². The third-order valence-corrected chi connectivity index (χ3v) is 3.02. The zero-order valence-corrected chi connectivity index (χ0v) is 10.3. The summed E-state index contributed by atoms with van der Waals surface area (Å²) >= 11 is 5.74. The lowest BCUT2D eigenvalue weighted by Crippen LogP contribution is -2.20. The molecule has 0 saturated heterocycles. The molecule has 1 aromatic rings. The van der Waals surface area contributed by atoms with Gasteiger partial charge < -0.3 is 9.47 Å². The fraction of sp³-hybridized carbons (Fsp3) is 0.462. The van der Waals surface area contributed by atoms with E-state index in [2.05, 4.69) is 0 Å². The summed E-state index contributed by atoms with van der Waals surface area (Å²) < 4.78 is 10.6. The molecule has 4 heteroatoms. The first-order chi connectivity index (χ1) is 8.24. The Morgan fingerprint density at radius 3 is 2.53 bits per heavy atom. The molecule has 0 bridgehead atoms. The number of rotatable bonds is 4. The molecule has 0 radical (unpaired) electrons. The standard InChI is InChI=1S/C13H15ClO3/c14-10-5-7-11(8-6-10)16-9-13(15)17-12-3-1-2-4-12/h5-8,12H,1-4,9H2. The molecule has 1 aromatic carbocycles. The maximum Gasteiger partial charge on any atom is 0.344 e. The van der Waals surface area contributed by atoms with Crippen LogP contribution in [-0.4, -0.2) is 18.7 Å². The Morgan fingerprint density at radius 1 is 1.24 bits per heavy atom. The van der Waals surface area contributed by atoms with Gasteiger partial charge in [-0.25, -0.2) is 4.79 Å². The van der Waals surface area contributed by atoms with Gasteiger partial charge in [0.1, 0.15) is 11.9 Å². The van der Waals surface area contributed by atoms with Gasteiger partial charge in [0.2, 0.25) is 0 Å². The van der Waals surface area contributed by atoms with Gasteiger partial charge in [-0.05, 0) is 49.9 Å². The van der Waals surface area contributed by atoms with Gasteiger partial charge in [0, 0.05) is 5.02 Å². The molecule has 0 N–H and O–H groups in total. The Hall–Kier alpha value is -1.22. The highest BCUT2D eigenvalue weighted by Crippen LogP contribution is 2.21. The highest BCUT2D eigenvalue weighted by atomic mass is 35.5. The van der Waals surface area contributed by atoms with Crippen LogP contribution in [0.3, 0.4) is 0 Å². The molecule has 0 heterocycles. The van der Waals surface area contributed by atoms with Crippen LogP contribution < -0.4 is 4.74 Å². The van der Waals surface area contributed by atoms with Gasteiger partial charge in [-0.1, -0.05) is 11.6 Å². The first-order valence-corrected chi connectivity index (χ1v) is 6.20. The molecule has 17 heavy (non-hydrogen) atoms. The maximum absolute atomic E-state index is 11.5. The fourth-order valence-corrected chi connectivity index (χ4v) is 2.03. The van der Waals surface area contributed by atoms with Gasteiger partial charge in [0.25, 0.3) is 0 Å². The highest BCUT2D eigenvalue weighted by molar-refractivity contribution is 6.30.